The van der Waals surface area contributed by atoms with Gasteiger partial charge < -0.3 is 10.2 Å². The van der Waals surface area contributed by atoms with Gasteiger partial charge in [-0.1, -0.05) is 50.2 Å². The number of anilines is 2. The fourth-order valence-corrected chi connectivity index (χ4v) is 2.57. The minimum atomic E-state index is -0.398. The molecule has 4 heteroatoms. The topological polar surface area (TPSA) is 56.1 Å². The van der Waals surface area contributed by atoms with E-state index in [-0.39, 0.29) is 11.5 Å². The van der Waals surface area contributed by atoms with Gasteiger partial charge in [-0.05, 0) is 36.6 Å². The lowest BCUT2D eigenvalue weighted by Gasteiger charge is -2.19. The number of para-hydroxylation sites is 2. The molecule has 0 bridgehead atoms. The molecule has 0 aliphatic heterocycles. The largest absolute Gasteiger partial charge is 0.347 e. The molecule has 128 valence electrons. The molecule has 4 nitrogen and oxygen atoms in total. The van der Waals surface area contributed by atoms with Gasteiger partial charge in [0.15, 0.2) is 0 Å². The van der Waals surface area contributed by atoms with E-state index < -0.39 is 5.91 Å². The van der Waals surface area contributed by atoms with Crippen LogP contribution < -0.4 is 10.2 Å². The summed E-state index contributed by atoms with van der Waals surface area (Å²) in [7, 11) is 0. The smallest absolute Gasteiger partial charge is 0.267 e. The molecule has 2 aromatic rings. The van der Waals surface area contributed by atoms with E-state index in [1.54, 1.807) is 6.20 Å². The summed E-state index contributed by atoms with van der Waals surface area (Å²) in [6.07, 6.45) is 1.60. The van der Waals surface area contributed by atoms with Gasteiger partial charge in [-0.25, -0.2) is 0 Å². The summed E-state index contributed by atoms with van der Waals surface area (Å²) in [5.41, 5.74) is 2.80. The molecule has 0 saturated heterocycles. The van der Waals surface area contributed by atoms with Crippen molar-refractivity contribution in [2.75, 3.05) is 16.8 Å². The standard InChI is InChI=1S/C21H23N3O/c1-4-24(18-10-6-5-7-11-18)15-17(14-22)21(25)23-20-13-9-8-12-19(20)16(2)3/h5-13,15-16H,4H2,1-3H3,(H,23,25)/b17-15-. The fraction of sp³-hybridized carbons (Fsp3) is 0.238. The van der Waals surface area contributed by atoms with Crippen LogP contribution in [0.4, 0.5) is 11.4 Å². The van der Waals surface area contributed by atoms with Gasteiger partial charge in [0.1, 0.15) is 11.6 Å². The predicted molar refractivity (Wildman–Crippen MR) is 102 cm³/mol. The van der Waals surface area contributed by atoms with Crippen molar-refractivity contribution in [3.8, 4) is 6.07 Å². The molecule has 25 heavy (non-hydrogen) atoms. The highest BCUT2D eigenvalue weighted by Crippen LogP contribution is 2.24. The molecule has 0 unspecified atom stereocenters. The van der Waals surface area contributed by atoms with Gasteiger partial charge in [0, 0.05) is 24.1 Å². The Kier molecular flexibility index (Phi) is 6.36. The van der Waals surface area contributed by atoms with Crippen LogP contribution in [-0.4, -0.2) is 12.5 Å². The lowest BCUT2D eigenvalue weighted by atomic mass is 10.0. The van der Waals surface area contributed by atoms with Crippen LogP contribution in [0.2, 0.25) is 0 Å². The fourth-order valence-electron chi connectivity index (χ4n) is 2.57. The average Bonchev–Trinajstić information content (AvgIpc) is 2.63. The molecule has 0 fully saturated rings. The molecular formula is C21H23N3O. The summed E-state index contributed by atoms with van der Waals surface area (Å²) in [5, 5.41) is 12.3. The Hall–Kier alpha value is -3.06. The van der Waals surface area contributed by atoms with E-state index in [9.17, 15) is 10.1 Å². The summed E-state index contributed by atoms with van der Waals surface area (Å²) in [5.74, 6) is -0.118. The Balaban J connectivity index is 2.26. The second kappa shape index (κ2) is 8.70. The second-order valence-corrected chi connectivity index (χ2v) is 5.97. The van der Waals surface area contributed by atoms with Gasteiger partial charge in [0.05, 0.1) is 0 Å². The summed E-state index contributed by atoms with van der Waals surface area (Å²) in [6, 6.07) is 19.4. The van der Waals surface area contributed by atoms with Gasteiger partial charge in [-0.15, -0.1) is 0 Å². The molecule has 0 atom stereocenters. The van der Waals surface area contributed by atoms with Crippen LogP contribution in [-0.2, 0) is 4.79 Å². The molecule has 2 rings (SSSR count). The zero-order chi connectivity index (χ0) is 18.2. The van der Waals surface area contributed by atoms with Gasteiger partial charge in [-0.2, -0.15) is 5.26 Å². The number of carbonyl (C=O) groups excluding carboxylic acids is 1. The van der Waals surface area contributed by atoms with Crippen LogP contribution in [0.25, 0.3) is 0 Å². The summed E-state index contributed by atoms with van der Waals surface area (Å²) in [4.78, 5) is 14.5. The maximum Gasteiger partial charge on any atom is 0.267 e. The number of nitrogens with zero attached hydrogens (tertiary/aromatic N) is 2. The first kappa shape index (κ1) is 18.3. The minimum Gasteiger partial charge on any atom is -0.347 e. The van der Waals surface area contributed by atoms with E-state index in [0.29, 0.717) is 6.54 Å². The third-order valence-electron chi connectivity index (χ3n) is 3.91. The van der Waals surface area contributed by atoms with Gasteiger partial charge in [0.25, 0.3) is 5.91 Å². The maximum atomic E-state index is 12.6. The number of nitriles is 1. The number of nitrogens with one attached hydrogen (secondary N) is 1. The number of rotatable bonds is 6. The van der Waals surface area contributed by atoms with Gasteiger partial charge >= 0.3 is 0 Å². The Bertz CT molecular complexity index is 788. The highest BCUT2D eigenvalue weighted by atomic mass is 16.1. The first-order valence-corrected chi connectivity index (χ1v) is 8.40. The van der Waals surface area contributed by atoms with Crippen molar-refractivity contribution < 1.29 is 4.79 Å². The van der Waals surface area contributed by atoms with Crippen molar-refractivity contribution in [2.45, 2.75) is 26.7 Å². The summed E-state index contributed by atoms with van der Waals surface area (Å²) < 4.78 is 0. The SMILES string of the molecule is CCN(/C=C(/C#N)C(=O)Nc1ccccc1C(C)C)c1ccccc1. The third kappa shape index (κ3) is 4.71. The molecule has 0 aromatic heterocycles. The first-order chi connectivity index (χ1) is 12.1. The number of hydrogen-bond donors (Lipinski definition) is 1. The average molecular weight is 333 g/mol. The molecule has 0 saturated carbocycles. The zero-order valence-corrected chi connectivity index (χ0v) is 14.9. The molecule has 0 aliphatic rings. The van der Waals surface area contributed by atoms with Gasteiger partial charge in [0.2, 0.25) is 0 Å². The lowest BCUT2D eigenvalue weighted by molar-refractivity contribution is -0.112. The molecule has 0 spiro atoms. The third-order valence-corrected chi connectivity index (χ3v) is 3.91. The number of carbonyl (C=O) groups is 1. The lowest BCUT2D eigenvalue weighted by Crippen LogP contribution is -2.21. The van der Waals surface area contributed by atoms with E-state index in [1.165, 1.54) is 0 Å². The first-order valence-electron chi connectivity index (χ1n) is 8.40. The van der Waals surface area contributed by atoms with E-state index in [4.69, 9.17) is 0 Å². The van der Waals surface area contributed by atoms with Gasteiger partial charge in [-0.3, -0.25) is 4.79 Å². The highest BCUT2D eigenvalue weighted by molar-refractivity contribution is 6.07. The second-order valence-electron chi connectivity index (χ2n) is 5.97. The van der Waals surface area contributed by atoms with E-state index in [1.807, 2.05) is 72.5 Å². The Morgan fingerprint density at radius 2 is 1.80 bits per heavy atom. The van der Waals surface area contributed by atoms with Crippen molar-refractivity contribution in [1.29, 1.82) is 5.26 Å². The number of hydrogen-bond acceptors (Lipinski definition) is 3. The maximum absolute atomic E-state index is 12.6. The summed E-state index contributed by atoms with van der Waals surface area (Å²) >= 11 is 0. The molecule has 0 aliphatic carbocycles. The van der Waals surface area contributed by atoms with Crippen LogP contribution in [0.3, 0.4) is 0 Å². The molecule has 1 N–H and O–H groups in total. The molecule has 1 amide bonds. The quantitative estimate of drug-likeness (QED) is 0.617. The minimum absolute atomic E-state index is 0.0734. The Labute approximate surface area is 149 Å². The highest BCUT2D eigenvalue weighted by Gasteiger charge is 2.14. The van der Waals surface area contributed by atoms with E-state index >= 15 is 0 Å². The van der Waals surface area contributed by atoms with Crippen LogP contribution in [0.1, 0.15) is 32.3 Å². The van der Waals surface area contributed by atoms with Crippen LogP contribution in [0.15, 0.2) is 66.4 Å². The molecule has 0 heterocycles. The predicted octanol–water partition coefficient (Wildman–Crippen LogP) is 4.68. The Morgan fingerprint density at radius 3 is 2.40 bits per heavy atom. The van der Waals surface area contributed by atoms with Crippen molar-refractivity contribution in [1.82, 2.24) is 0 Å². The van der Waals surface area contributed by atoms with Crippen LogP contribution >= 0.6 is 0 Å². The van der Waals surface area contributed by atoms with Crippen LogP contribution in [0.5, 0.6) is 0 Å². The summed E-state index contributed by atoms with van der Waals surface area (Å²) in [6.45, 7) is 6.77. The zero-order valence-electron chi connectivity index (χ0n) is 14.9. The molecular weight excluding hydrogens is 310 g/mol. The molecule has 2 aromatic carbocycles. The van der Waals surface area contributed by atoms with Crippen molar-refractivity contribution in [2.24, 2.45) is 0 Å². The Morgan fingerprint density at radius 1 is 1.16 bits per heavy atom. The van der Waals surface area contributed by atoms with E-state index in [2.05, 4.69) is 19.2 Å². The normalized spacial score (nSPS) is 11.1. The van der Waals surface area contributed by atoms with Crippen LogP contribution in [0, 0.1) is 11.3 Å². The monoisotopic (exact) mass is 333 g/mol. The van der Waals surface area contributed by atoms with Crippen molar-refractivity contribution in [3.05, 3.63) is 71.9 Å². The van der Waals surface area contributed by atoms with E-state index in [0.717, 1.165) is 16.9 Å². The number of benzene rings is 2. The number of amides is 1. The van der Waals surface area contributed by atoms with Crippen molar-refractivity contribution >= 4 is 17.3 Å². The van der Waals surface area contributed by atoms with Crippen molar-refractivity contribution in [3.63, 3.8) is 0 Å². The molecule has 0 radical (unpaired) electrons.